The van der Waals surface area contributed by atoms with E-state index in [1.165, 1.54) is 0 Å². The quantitative estimate of drug-likeness (QED) is 0.817. The molecule has 2 rings (SSSR count). The van der Waals surface area contributed by atoms with E-state index in [0.29, 0.717) is 0 Å². The number of pyridine rings is 1. The van der Waals surface area contributed by atoms with Crippen molar-refractivity contribution in [3.63, 3.8) is 0 Å². The van der Waals surface area contributed by atoms with Gasteiger partial charge in [0.2, 0.25) is 0 Å². The van der Waals surface area contributed by atoms with Crippen LogP contribution in [-0.2, 0) is 4.74 Å². The van der Waals surface area contributed by atoms with Crippen LogP contribution in [0.15, 0.2) is 67.5 Å². The molecular formula is C20H24N2O2. The molecule has 0 aliphatic rings. The summed E-state index contributed by atoms with van der Waals surface area (Å²) in [5, 5.41) is 2.97. The minimum Gasteiger partial charge on any atom is -0.444 e. The molecule has 24 heavy (non-hydrogen) atoms. The van der Waals surface area contributed by atoms with Crippen LogP contribution in [0.3, 0.4) is 0 Å². The second-order valence-corrected chi connectivity index (χ2v) is 6.58. The molecule has 1 aromatic carbocycles. The van der Waals surface area contributed by atoms with Gasteiger partial charge >= 0.3 is 6.09 Å². The Morgan fingerprint density at radius 3 is 2.38 bits per heavy atom. The predicted molar refractivity (Wildman–Crippen MR) is 95.7 cm³/mol. The first kappa shape index (κ1) is 17.7. The number of benzene rings is 1. The number of ether oxygens (including phenoxy) is 1. The summed E-state index contributed by atoms with van der Waals surface area (Å²) in [6.45, 7) is 9.48. The van der Waals surface area contributed by atoms with E-state index in [1.54, 1.807) is 12.4 Å². The number of carbonyl (C=O) groups excluding carboxylic acids is 1. The number of hydrogen-bond acceptors (Lipinski definition) is 3. The predicted octanol–water partition coefficient (Wildman–Crippen LogP) is 4.62. The van der Waals surface area contributed by atoms with Crippen LogP contribution < -0.4 is 5.32 Å². The molecule has 0 fully saturated rings. The van der Waals surface area contributed by atoms with Crippen molar-refractivity contribution in [3.8, 4) is 0 Å². The van der Waals surface area contributed by atoms with E-state index < -0.39 is 11.7 Å². The zero-order valence-electron chi connectivity index (χ0n) is 14.4. The van der Waals surface area contributed by atoms with Crippen LogP contribution in [0.25, 0.3) is 0 Å². The zero-order valence-corrected chi connectivity index (χ0v) is 14.4. The van der Waals surface area contributed by atoms with Crippen molar-refractivity contribution in [1.29, 1.82) is 0 Å². The fourth-order valence-electron chi connectivity index (χ4n) is 2.51. The summed E-state index contributed by atoms with van der Waals surface area (Å²) >= 11 is 0. The minimum absolute atomic E-state index is 0.0945. The highest BCUT2D eigenvalue weighted by atomic mass is 16.6. The van der Waals surface area contributed by atoms with Gasteiger partial charge < -0.3 is 10.1 Å². The summed E-state index contributed by atoms with van der Waals surface area (Å²) in [4.78, 5) is 16.5. The standard InChI is InChI=1S/C20H24N2O2/c1-5-17(15-10-7-6-8-11-15)18(16-12-9-13-21-14-16)22-19(23)24-20(2,3)4/h5-14,17-18H,1H2,2-4H3,(H,22,23)/t17-,18+/m1/s1. The Bertz CT molecular complexity index is 663. The topological polar surface area (TPSA) is 51.2 Å². The molecule has 0 saturated carbocycles. The van der Waals surface area contributed by atoms with Crippen molar-refractivity contribution in [2.45, 2.75) is 38.3 Å². The molecule has 2 aromatic rings. The van der Waals surface area contributed by atoms with E-state index in [1.807, 2.05) is 69.3 Å². The lowest BCUT2D eigenvalue weighted by molar-refractivity contribution is 0.0499. The van der Waals surface area contributed by atoms with Gasteiger partial charge in [-0.1, -0.05) is 42.5 Å². The lowest BCUT2D eigenvalue weighted by atomic mass is 9.88. The number of aromatic nitrogens is 1. The molecule has 1 aromatic heterocycles. The van der Waals surface area contributed by atoms with Gasteiger partial charge in [0.05, 0.1) is 6.04 Å². The zero-order chi connectivity index (χ0) is 17.6. The molecule has 1 N–H and O–H groups in total. The summed E-state index contributed by atoms with van der Waals surface area (Å²) in [5.41, 5.74) is 1.41. The van der Waals surface area contributed by atoms with Crippen LogP contribution in [-0.4, -0.2) is 16.7 Å². The van der Waals surface area contributed by atoms with Gasteiger partial charge in [0.15, 0.2) is 0 Å². The van der Waals surface area contributed by atoms with Gasteiger partial charge in [-0.2, -0.15) is 0 Å². The van der Waals surface area contributed by atoms with Crippen LogP contribution in [0.2, 0.25) is 0 Å². The molecule has 126 valence electrons. The van der Waals surface area contributed by atoms with Crippen LogP contribution in [0, 0.1) is 0 Å². The van der Waals surface area contributed by atoms with Gasteiger partial charge in [-0.05, 0) is 38.0 Å². The second-order valence-electron chi connectivity index (χ2n) is 6.58. The Labute approximate surface area is 143 Å². The lowest BCUT2D eigenvalue weighted by Crippen LogP contribution is -2.37. The third-order valence-corrected chi connectivity index (χ3v) is 3.51. The second kappa shape index (κ2) is 7.77. The summed E-state index contributed by atoms with van der Waals surface area (Å²) in [7, 11) is 0. The average molecular weight is 324 g/mol. The van der Waals surface area contributed by atoms with Crippen molar-refractivity contribution in [2.24, 2.45) is 0 Å². The van der Waals surface area contributed by atoms with E-state index in [2.05, 4.69) is 16.9 Å². The highest BCUT2D eigenvalue weighted by molar-refractivity contribution is 5.68. The van der Waals surface area contributed by atoms with Gasteiger partial charge in [-0.3, -0.25) is 4.98 Å². The molecular weight excluding hydrogens is 300 g/mol. The van der Waals surface area contributed by atoms with Crippen molar-refractivity contribution >= 4 is 6.09 Å². The molecule has 0 bridgehead atoms. The Morgan fingerprint density at radius 1 is 1.17 bits per heavy atom. The van der Waals surface area contributed by atoms with Crippen molar-refractivity contribution in [1.82, 2.24) is 10.3 Å². The summed E-state index contributed by atoms with van der Waals surface area (Å²) in [6, 6.07) is 13.4. The molecule has 4 nitrogen and oxygen atoms in total. The molecule has 1 amide bonds. The molecule has 0 saturated heterocycles. The Morgan fingerprint density at radius 2 is 1.83 bits per heavy atom. The number of alkyl carbamates (subject to hydrolysis) is 1. The van der Waals surface area contributed by atoms with E-state index in [4.69, 9.17) is 4.74 Å². The Hall–Kier alpha value is -2.62. The summed E-state index contributed by atoms with van der Waals surface area (Å²) < 4.78 is 5.42. The maximum Gasteiger partial charge on any atom is 0.408 e. The summed E-state index contributed by atoms with van der Waals surface area (Å²) in [5.74, 6) is -0.0945. The first-order chi connectivity index (χ1) is 11.4. The van der Waals surface area contributed by atoms with E-state index >= 15 is 0 Å². The van der Waals surface area contributed by atoms with E-state index in [-0.39, 0.29) is 12.0 Å². The van der Waals surface area contributed by atoms with Crippen LogP contribution >= 0.6 is 0 Å². The maximum atomic E-state index is 12.3. The van der Waals surface area contributed by atoms with Crippen molar-refractivity contribution in [2.75, 3.05) is 0 Å². The Balaban J connectivity index is 2.32. The van der Waals surface area contributed by atoms with E-state index in [9.17, 15) is 4.79 Å². The highest BCUT2D eigenvalue weighted by Crippen LogP contribution is 2.32. The minimum atomic E-state index is -0.556. The highest BCUT2D eigenvalue weighted by Gasteiger charge is 2.26. The van der Waals surface area contributed by atoms with Gasteiger partial charge in [0.1, 0.15) is 5.60 Å². The fraction of sp³-hybridized carbons (Fsp3) is 0.300. The maximum absolute atomic E-state index is 12.3. The normalized spacial score (nSPS) is 13.6. The number of hydrogen-bond donors (Lipinski definition) is 1. The van der Waals surface area contributed by atoms with Gasteiger partial charge in [0.25, 0.3) is 0 Å². The molecule has 1 heterocycles. The average Bonchev–Trinajstić information content (AvgIpc) is 2.55. The monoisotopic (exact) mass is 324 g/mol. The molecule has 0 spiro atoms. The van der Waals surface area contributed by atoms with E-state index in [0.717, 1.165) is 11.1 Å². The molecule has 0 aliphatic carbocycles. The van der Waals surface area contributed by atoms with Crippen molar-refractivity contribution in [3.05, 3.63) is 78.6 Å². The lowest BCUT2D eigenvalue weighted by Gasteiger charge is -2.28. The third-order valence-electron chi connectivity index (χ3n) is 3.51. The largest absolute Gasteiger partial charge is 0.444 e. The molecule has 0 aliphatic heterocycles. The third kappa shape index (κ3) is 4.95. The van der Waals surface area contributed by atoms with Gasteiger partial charge in [-0.15, -0.1) is 6.58 Å². The van der Waals surface area contributed by atoms with Crippen LogP contribution in [0.1, 0.15) is 43.9 Å². The number of nitrogens with zero attached hydrogens (tertiary/aromatic N) is 1. The molecule has 0 radical (unpaired) electrons. The fourth-order valence-corrected chi connectivity index (χ4v) is 2.51. The van der Waals surface area contributed by atoms with Gasteiger partial charge in [0, 0.05) is 18.3 Å². The molecule has 0 unspecified atom stereocenters. The molecule has 4 heteroatoms. The smallest absolute Gasteiger partial charge is 0.408 e. The first-order valence-electron chi connectivity index (χ1n) is 7.97. The molecule has 2 atom stereocenters. The first-order valence-corrected chi connectivity index (χ1v) is 7.97. The van der Waals surface area contributed by atoms with Crippen LogP contribution in [0.4, 0.5) is 4.79 Å². The van der Waals surface area contributed by atoms with Crippen molar-refractivity contribution < 1.29 is 9.53 Å². The number of amides is 1. The van der Waals surface area contributed by atoms with Crippen LogP contribution in [0.5, 0.6) is 0 Å². The Kier molecular flexibility index (Phi) is 5.74. The SMILES string of the molecule is C=C[C@H](c1ccccc1)[C@@H](NC(=O)OC(C)(C)C)c1cccnc1. The summed E-state index contributed by atoms with van der Waals surface area (Å²) in [6.07, 6.45) is 4.84. The number of nitrogens with one attached hydrogen (secondary N) is 1. The number of carbonyl (C=O) groups is 1. The van der Waals surface area contributed by atoms with Gasteiger partial charge in [-0.25, -0.2) is 4.79 Å². The number of rotatable bonds is 5.